The van der Waals surface area contributed by atoms with Gasteiger partial charge in [0.15, 0.2) is 0 Å². The molecule has 50 heavy (non-hydrogen) atoms. The van der Waals surface area contributed by atoms with Gasteiger partial charge in [0.1, 0.15) is 0 Å². The zero-order valence-corrected chi connectivity index (χ0v) is 37.1. The van der Waals surface area contributed by atoms with Gasteiger partial charge < -0.3 is 0 Å². The summed E-state index contributed by atoms with van der Waals surface area (Å²) in [6.07, 6.45) is 26.1. The lowest BCUT2D eigenvalue weighted by Gasteiger charge is -2.21. The van der Waals surface area contributed by atoms with Crippen LogP contribution < -0.4 is 0 Å². The summed E-state index contributed by atoms with van der Waals surface area (Å²) in [5.74, 6) is 6.49. The van der Waals surface area contributed by atoms with E-state index in [-0.39, 0.29) is 0 Å². The van der Waals surface area contributed by atoms with Crippen LogP contribution in [0.3, 0.4) is 0 Å². The monoisotopic (exact) mass is 729 g/mol. The molecule has 5 heteroatoms. The maximum atomic E-state index is 13.8. The minimum atomic E-state index is -3.58. The van der Waals surface area contributed by atoms with Gasteiger partial charge in [0.25, 0.3) is 0 Å². The molecule has 0 aromatic rings. The van der Waals surface area contributed by atoms with Gasteiger partial charge in [-0.3, -0.25) is 13.6 Å². The highest BCUT2D eigenvalue weighted by atomic mass is 31.2. The summed E-state index contributed by atoms with van der Waals surface area (Å²) in [5.41, 5.74) is 0. The molecule has 0 N–H and O–H groups in total. The smallest absolute Gasteiger partial charge is 0.287 e. The quantitative estimate of drug-likeness (QED) is 0.0603. The Hall–Kier alpha value is 0.110. The third-order valence-corrected chi connectivity index (χ3v) is 12.7. The first-order valence-electron chi connectivity index (χ1n) is 22.1. The lowest BCUT2D eigenvalue weighted by molar-refractivity contribution is 0.0994. The van der Waals surface area contributed by atoms with E-state index < -0.39 is 7.82 Å². The van der Waals surface area contributed by atoms with Crippen LogP contribution in [0.1, 0.15) is 218 Å². The third-order valence-electron chi connectivity index (χ3n) is 11.2. The molecule has 0 heterocycles. The normalized spacial score (nSPS) is 17.3. The van der Waals surface area contributed by atoms with Gasteiger partial charge in [-0.2, -0.15) is 0 Å². The van der Waals surface area contributed by atoms with Gasteiger partial charge in [-0.25, -0.2) is 4.57 Å². The van der Waals surface area contributed by atoms with Crippen LogP contribution in [0.15, 0.2) is 0 Å². The molecule has 0 radical (unpaired) electrons. The topological polar surface area (TPSA) is 44.8 Å². The van der Waals surface area contributed by atoms with E-state index in [2.05, 4.69) is 83.1 Å². The van der Waals surface area contributed by atoms with Gasteiger partial charge in [0, 0.05) is 0 Å². The highest BCUT2D eigenvalue weighted by Gasteiger charge is 2.27. The Morgan fingerprint density at radius 2 is 0.480 bits per heavy atom. The standard InChI is InChI=1S/C45H93O4P/c1-37(2)19-13-22-40(7)25-16-28-43(10)31-34-47-50(46,48-35-32-44(11)29-17-26-41(8)23-14-20-38(3)4)49-36-33-45(12)30-18-27-42(9)24-15-21-39(5)6/h37-45H,13-36H2,1-12H3. The summed E-state index contributed by atoms with van der Waals surface area (Å²) >= 11 is 0. The van der Waals surface area contributed by atoms with Crippen molar-refractivity contribution in [3.63, 3.8) is 0 Å². The van der Waals surface area contributed by atoms with Crippen LogP contribution in [0.25, 0.3) is 0 Å². The molecule has 0 rings (SSSR count). The molecule has 0 saturated carbocycles. The van der Waals surface area contributed by atoms with E-state index in [1.165, 1.54) is 116 Å². The van der Waals surface area contributed by atoms with Gasteiger partial charge in [-0.05, 0) is 72.5 Å². The molecular formula is C45H93O4P. The van der Waals surface area contributed by atoms with E-state index in [0.29, 0.717) is 37.6 Å². The Balaban J connectivity index is 4.70. The van der Waals surface area contributed by atoms with Crippen molar-refractivity contribution in [3.05, 3.63) is 0 Å². The van der Waals surface area contributed by atoms with Crippen LogP contribution in [0.2, 0.25) is 0 Å². The summed E-state index contributed by atoms with van der Waals surface area (Å²) in [5, 5.41) is 0. The van der Waals surface area contributed by atoms with E-state index in [1.807, 2.05) is 0 Å². The highest BCUT2D eigenvalue weighted by Crippen LogP contribution is 2.50. The predicted molar refractivity (Wildman–Crippen MR) is 222 cm³/mol. The van der Waals surface area contributed by atoms with Crippen molar-refractivity contribution < 1.29 is 18.1 Å². The molecule has 302 valence electrons. The second kappa shape index (κ2) is 31.5. The Morgan fingerprint density at radius 1 is 0.300 bits per heavy atom. The Bertz CT molecular complexity index is 683. The SMILES string of the molecule is CC(C)CCCC(C)CCCC(C)CCOP(=O)(OCCC(C)CCCC(C)CCCC(C)C)OCCC(C)CCCC(C)CCCC(C)C. The molecule has 0 fully saturated rings. The second-order valence-electron chi connectivity index (χ2n) is 18.7. The van der Waals surface area contributed by atoms with Gasteiger partial charge in [0.05, 0.1) is 19.8 Å². The number of hydrogen-bond acceptors (Lipinski definition) is 4. The first-order valence-corrected chi connectivity index (χ1v) is 23.6. The fraction of sp³-hybridized carbons (Fsp3) is 1.00. The van der Waals surface area contributed by atoms with Crippen molar-refractivity contribution in [2.24, 2.45) is 53.3 Å². The molecular weight excluding hydrogens is 635 g/mol. The molecule has 0 aromatic heterocycles. The van der Waals surface area contributed by atoms with Crippen molar-refractivity contribution in [2.75, 3.05) is 19.8 Å². The molecule has 0 aliphatic carbocycles. The van der Waals surface area contributed by atoms with Gasteiger partial charge >= 0.3 is 7.82 Å². The first-order chi connectivity index (χ1) is 23.6. The first kappa shape index (κ1) is 50.1. The average molecular weight is 729 g/mol. The molecule has 0 aliphatic rings. The van der Waals surface area contributed by atoms with Crippen LogP contribution in [-0.4, -0.2) is 19.8 Å². The Kier molecular flexibility index (Phi) is 31.5. The highest BCUT2D eigenvalue weighted by molar-refractivity contribution is 7.48. The van der Waals surface area contributed by atoms with Gasteiger partial charge in [0.2, 0.25) is 0 Å². The molecule has 0 saturated heterocycles. The van der Waals surface area contributed by atoms with Crippen molar-refractivity contribution in [1.82, 2.24) is 0 Å². The number of phosphoric acid groups is 1. The average Bonchev–Trinajstić information content (AvgIpc) is 3.00. The Morgan fingerprint density at radius 3 is 0.680 bits per heavy atom. The predicted octanol–water partition coefficient (Wildman–Crippen LogP) is 16.1. The minimum Gasteiger partial charge on any atom is -0.287 e. The minimum absolute atomic E-state index is 0.441. The Labute approximate surface area is 316 Å². The molecule has 6 unspecified atom stereocenters. The third kappa shape index (κ3) is 32.7. The van der Waals surface area contributed by atoms with Crippen molar-refractivity contribution >= 4 is 7.82 Å². The number of phosphoric ester groups is 1. The van der Waals surface area contributed by atoms with E-state index in [0.717, 1.165) is 54.8 Å². The van der Waals surface area contributed by atoms with E-state index in [9.17, 15) is 4.57 Å². The molecule has 0 aliphatic heterocycles. The van der Waals surface area contributed by atoms with E-state index in [1.54, 1.807) is 0 Å². The summed E-state index contributed by atoms with van der Waals surface area (Å²) < 4.78 is 31.9. The van der Waals surface area contributed by atoms with Crippen LogP contribution in [0.5, 0.6) is 0 Å². The molecule has 0 spiro atoms. The maximum Gasteiger partial charge on any atom is 0.474 e. The summed E-state index contributed by atoms with van der Waals surface area (Å²) in [7, 11) is -3.58. The largest absolute Gasteiger partial charge is 0.474 e. The van der Waals surface area contributed by atoms with Crippen LogP contribution in [0, 0.1) is 53.3 Å². The molecule has 4 nitrogen and oxygen atoms in total. The number of rotatable bonds is 36. The van der Waals surface area contributed by atoms with Crippen molar-refractivity contribution in [1.29, 1.82) is 0 Å². The number of hydrogen-bond donors (Lipinski definition) is 0. The van der Waals surface area contributed by atoms with Crippen LogP contribution >= 0.6 is 7.82 Å². The summed E-state index contributed by atoms with van der Waals surface area (Å²) in [4.78, 5) is 0. The van der Waals surface area contributed by atoms with Crippen LogP contribution in [0.4, 0.5) is 0 Å². The van der Waals surface area contributed by atoms with Gasteiger partial charge in [-0.15, -0.1) is 0 Å². The second-order valence-corrected chi connectivity index (χ2v) is 20.4. The van der Waals surface area contributed by atoms with E-state index >= 15 is 0 Å². The molecule has 0 bridgehead atoms. The lowest BCUT2D eigenvalue weighted by atomic mass is 9.93. The molecule has 0 amide bonds. The van der Waals surface area contributed by atoms with Crippen molar-refractivity contribution in [3.8, 4) is 0 Å². The maximum absolute atomic E-state index is 13.8. The molecule has 6 atom stereocenters. The fourth-order valence-corrected chi connectivity index (χ4v) is 8.35. The van der Waals surface area contributed by atoms with E-state index in [4.69, 9.17) is 13.6 Å². The summed E-state index contributed by atoms with van der Waals surface area (Å²) in [6, 6.07) is 0. The zero-order chi connectivity index (χ0) is 37.8. The summed E-state index contributed by atoms with van der Waals surface area (Å²) in [6.45, 7) is 29.4. The van der Waals surface area contributed by atoms with Gasteiger partial charge in [-0.1, -0.05) is 199 Å². The fourth-order valence-electron chi connectivity index (χ4n) is 7.14. The lowest BCUT2D eigenvalue weighted by Crippen LogP contribution is -2.09. The van der Waals surface area contributed by atoms with Crippen molar-refractivity contribution in [2.45, 2.75) is 218 Å². The zero-order valence-electron chi connectivity index (χ0n) is 36.2. The molecule has 0 aromatic carbocycles. The van der Waals surface area contributed by atoms with Crippen LogP contribution in [-0.2, 0) is 18.1 Å².